The molecule has 0 saturated carbocycles. The third kappa shape index (κ3) is 4.59. The average Bonchev–Trinajstić information content (AvgIpc) is 2.28. The zero-order valence-electron chi connectivity index (χ0n) is 11.3. The molecule has 0 aliphatic rings. The Morgan fingerprint density at radius 2 is 1.76 bits per heavy atom. The van der Waals surface area contributed by atoms with Gasteiger partial charge in [0, 0.05) is 6.42 Å². The summed E-state index contributed by atoms with van der Waals surface area (Å²) in [4.78, 5) is 11.6. The van der Waals surface area contributed by atoms with Gasteiger partial charge in [0.1, 0.15) is 0 Å². The molecule has 1 rings (SSSR count). The minimum absolute atomic E-state index is 0.0900. The standard InChI is InChI=1S/C15H23NO/c1-5-13-6-8-14(9-7-13)12(4)16-15(17)10-11(2)3/h6-9,11-12H,5,10H2,1-4H3,(H,16,17). The predicted octanol–water partition coefficient (Wildman–Crippen LogP) is 3.47. The molecule has 0 radical (unpaired) electrons. The second-order valence-corrected chi connectivity index (χ2v) is 4.98. The van der Waals surface area contributed by atoms with Crippen LogP contribution in [-0.4, -0.2) is 5.91 Å². The summed E-state index contributed by atoms with van der Waals surface area (Å²) in [5.74, 6) is 0.539. The van der Waals surface area contributed by atoms with Crippen molar-refractivity contribution in [2.24, 2.45) is 5.92 Å². The molecule has 0 aromatic heterocycles. The molecule has 94 valence electrons. The third-order valence-corrected chi connectivity index (χ3v) is 2.86. The van der Waals surface area contributed by atoms with Crippen LogP contribution in [0, 0.1) is 5.92 Å². The van der Waals surface area contributed by atoms with Crippen LogP contribution in [0.2, 0.25) is 0 Å². The van der Waals surface area contributed by atoms with E-state index in [4.69, 9.17) is 0 Å². The van der Waals surface area contributed by atoms with Crippen molar-refractivity contribution in [2.45, 2.75) is 46.6 Å². The Labute approximate surface area is 104 Å². The number of amides is 1. The molecular formula is C15H23NO. The molecule has 2 nitrogen and oxygen atoms in total. The highest BCUT2D eigenvalue weighted by Gasteiger charge is 2.10. The number of nitrogens with one attached hydrogen (secondary N) is 1. The van der Waals surface area contributed by atoms with Crippen molar-refractivity contribution in [3.63, 3.8) is 0 Å². The van der Waals surface area contributed by atoms with Crippen molar-refractivity contribution in [1.29, 1.82) is 0 Å². The highest BCUT2D eigenvalue weighted by atomic mass is 16.1. The molecule has 17 heavy (non-hydrogen) atoms. The SMILES string of the molecule is CCc1ccc(C(C)NC(=O)CC(C)C)cc1. The monoisotopic (exact) mass is 233 g/mol. The molecule has 1 aromatic carbocycles. The fraction of sp³-hybridized carbons (Fsp3) is 0.533. The van der Waals surface area contributed by atoms with Gasteiger partial charge < -0.3 is 5.32 Å². The number of carbonyl (C=O) groups excluding carboxylic acids is 1. The number of hydrogen-bond donors (Lipinski definition) is 1. The van der Waals surface area contributed by atoms with E-state index in [-0.39, 0.29) is 11.9 Å². The minimum atomic E-state index is 0.0900. The van der Waals surface area contributed by atoms with E-state index in [2.05, 4.69) is 50.4 Å². The van der Waals surface area contributed by atoms with Crippen LogP contribution in [0.5, 0.6) is 0 Å². The lowest BCUT2D eigenvalue weighted by Crippen LogP contribution is -2.27. The summed E-state index contributed by atoms with van der Waals surface area (Å²) >= 11 is 0. The molecular weight excluding hydrogens is 210 g/mol. The van der Waals surface area contributed by atoms with Crippen LogP contribution in [0.3, 0.4) is 0 Å². The van der Waals surface area contributed by atoms with E-state index in [1.54, 1.807) is 0 Å². The maximum absolute atomic E-state index is 11.6. The lowest BCUT2D eigenvalue weighted by atomic mass is 10.0. The number of benzene rings is 1. The molecule has 0 heterocycles. The van der Waals surface area contributed by atoms with Crippen LogP contribution in [0.1, 0.15) is 51.3 Å². The van der Waals surface area contributed by atoms with Gasteiger partial charge in [-0.05, 0) is 30.4 Å². The van der Waals surface area contributed by atoms with Crippen LogP contribution < -0.4 is 5.32 Å². The first-order chi connectivity index (χ1) is 8.02. The Morgan fingerprint density at radius 3 is 2.24 bits per heavy atom. The summed E-state index contributed by atoms with van der Waals surface area (Å²) in [6.07, 6.45) is 1.64. The number of rotatable bonds is 5. The summed E-state index contributed by atoms with van der Waals surface area (Å²) in [5, 5.41) is 3.03. The van der Waals surface area contributed by atoms with Crippen molar-refractivity contribution in [3.8, 4) is 0 Å². The van der Waals surface area contributed by atoms with Crippen molar-refractivity contribution in [2.75, 3.05) is 0 Å². The quantitative estimate of drug-likeness (QED) is 0.829. The molecule has 1 unspecified atom stereocenters. The second kappa shape index (κ2) is 6.43. The molecule has 0 saturated heterocycles. The topological polar surface area (TPSA) is 29.1 Å². The highest BCUT2D eigenvalue weighted by Crippen LogP contribution is 2.14. The van der Waals surface area contributed by atoms with Crippen LogP contribution in [0.4, 0.5) is 0 Å². The van der Waals surface area contributed by atoms with Gasteiger partial charge in [-0.2, -0.15) is 0 Å². The van der Waals surface area contributed by atoms with Crippen molar-refractivity contribution in [1.82, 2.24) is 5.32 Å². The van der Waals surface area contributed by atoms with Crippen LogP contribution in [0.15, 0.2) is 24.3 Å². The van der Waals surface area contributed by atoms with Gasteiger partial charge in [-0.3, -0.25) is 4.79 Å². The summed E-state index contributed by atoms with van der Waals surface area (Å²) < 4.78 is 0. The Balaban J connectivity index is 2.56. The minimum Gasteiger partial charge on any atom is -0.350 e. The molecule has 0 spiro atoms. The summed E-state index contributed by atoms with van der Waals surface area (Å²) in [6.45, 7) is 8.28. The van der Waals surface area contributed by atoms with Gasteiger partial charge in [0.25, 0.3) is 0 Å². The molecule has 0 bridgehead atoms. The van der Waals surface area contributed by atoms with E-state index < -0.39 is 0 Å². The Hall–Kier alpha value is -1.31. The zero-order valence-corrected chi connectivity index (χ0v) is 11.3. The van der Waals surface area contributed by atoms with Crippen molar-refractivity contribution >= 4 is 5.91 Å². The van der Waals surface area contributed by atoms with Crippen LogP contribution in [0.25, 0.3) is 0 Å². The summed E-state index contributed by atoms with van der Waals surface area (Å²) in [6, 6.07) is 8.53. The maximum Gasteiger partial charge on any atom is 0.220 e. The molecule has 1 amide bonds. The molecule has 0 aliphatic heterocycles. The number of aryl methyl sites for hydroxylation is 1. The van der Waals surface area contributed by atoms with E-state index in [1.165, 1.54) is 11.1 Å². The van der Waals surface area contributed by atoms with Crippen molar-refractivity contribution < 1.29 is 4.79 Å². The van der Waals surface area contributed by atoms with Gasteiger partial charge in [-0.25, -0.2) is 0 Å². The van der Waals surface area contributed by atoms with Crippen molar-refractivity contribution in [3.05, 3.63) is 35.4 Å². The van der Waals surface area contributed by atoms with Crippen LogP contribution >= 0.6 is 0 Å². The lowest BCUT2D eigenvalue weighted by molar-refractivity contribution is -0.122. The zero-order chi connectivity index (χ0) is 12.8. The average molecular weight is 233 g/mol. The number of carbonyl (C=O) groups is 1. The van der Waals surface area contributed by atoms with E-state index >= 15 is 0 Å². The smallest absolute Gasteiger partial charge is 0.220 e. The van der Waals surface area contributed by atoms with Gasteiger partial charge in [0.2, 0.25) is 5.91 Å². The van der Waals surface area contributed by atoms with Gasteiger partial charge >= 0.3 is 0 Å². The Bertz CT molecular complexity index is 354. The van der Waals surface area contributed by atoms with Crippen LogP contribution in [-0.2, 0) is 11.2 Å². The first kappa shape index (κ1) is 13.8. The largest absolute Gasteiger partial charge is 0.350 e. The normalized spacial score (nSPS) is 12.5. The molecule has 1 N–H and O–H groups in total. The molecule has 0 fully saturated rings. The first-order valence-corrected chi connectivity index (χ1v) is 6.41. The summed E-state index contributed by atoms with van der Waals surface area (Å²) in [5.41, 5.74) is 2.49. The highest BCUT2D eigenvalue weighted by molar-refractivity contribution is 5.76. The van der Waals surface area contributed by atoms with Gasteiger partial charge in [-0.1, -0.05) is 45.0 Å². The molecule has 0 aliphatic carbocycles. The van der Waals surface area contributed by atoms with E-state index in [9.17, 15) is 4.79 Å². The molecule has 1 atom stereocenters. The fourth-order valence-electron chi connectivity index (χ4n) is 1.80. The molecule has 2 heteroatoms. The fourth-order valence-corrected chi connectivity index (χ4v) is 1.80. The number of hydrogen-bond acceptors (Lipinski definition) is 1. The molecule has 1 aromatic rings. The summed E-state index contributed by atoms with van der Waals surface area (Å²) in [7, 11) is 0. The Morgan fingerprint density at radius 1 is 1.18 bits per heavy atom. The van der Waals surface area contributed by atoms with Gasteiger partial charge in [-0.15, -0.1) is 0 Å². The Kier molecular flexibility index (Phi) is 5.20. The van der Waals surface area contributed by atoms with E-state index in [0.29, 0.717) is 12.3 Å². The first-order valence-electron chi connectivity index (χ1n) is 6.41. The lowest BCUT2D eigenvalue weighted by Gasteiger charge is -2.15. The maximum atomic E-state index is 11.6. The third-order valence-electron chi connectivity index (χ3n) is 2.86. The van der Waals surface area contributed by atoms with E-state index in [1.807, 2.05) is 6.92 Å². The van der Waals surface area contributed by atoms with E-state index in [0.717, 1.165) is 6.42 Å². The predicted molar refractivity (Wildman–Crippen MR) is 71.8 cm³/mol. The second-order valence-electron chi connectivity index (χ2n) is 4.98. The van der Waals surface area contributed by atoms with Gasteiger partial charge in [0.05, 0.1) is 6.04 Å². The van der Waals surface area contributed by atoms with Gasteiger partial charge in [0.15, 0.2) is 0 Å².